The van der Waals surface area contributed by atoms with Gasteiger partial charge in [0.15, 0.2) is 0 Å². The number of rotatable bonds is 3. The van der Waals surface area contributed by atoms with E-state index in [4.69, 9.17) is 10.7 Å². The fourth-order valence-corrected chi connectivity index (χ4v) is 1.28. The molecule has 0 saturated carbocycles. The zero-order valence-electron chi connectivity index (χ0n) is 6.44. The molecule has 5 nitrogen and oxygen atoms in total. The SMILES string of the molecule is CCCn1ncc(S(=O)(=O)Cl)n1. The summed E-state index contributed by atoms with van der Waals surface area (Å²) >= 11 is 0. The van der Waals surface area contributed by atoms with E-state index in [-0.39, 0.29) is 5.03 Å². The van der Waals surface area contributed by atoms with E-state index < -0.39 is 9.05 Å². The zero-order valence-corrected chi connectivity index (χ0v) is 8.01. The van der Waals surface area contributed by atoms with Gasteiger partial charge in [0.25, 0.3) is 9.05 Å². The molecule has 0 aromatic carbocycles. The van der Waals surface area contributed by atoms with Crippen molar-refractivity contribution in [2.45, 2.75) is 24.9 Å². The number of nitrogens with zero attached hydrogens (tertiary/aromatic N) is 3. The van der Waals surface area contributed by atoms with Crippen molar-refractivity contribution in [3.63, 3.8) is 0 Å². The molecule has 0 spiro atoms. The minimum absolute atomic E-state index is 0.197. The Balaban J connectivity index is 2.92. The molecule has 0 radical (unpaired) electrons. The van der Waals surface area contributed by atoms with Gasteiger partial charge >= 0.3 is 0 Å². The minimum atomic E-state index is -3.72. The number of aromatic nitrogens is 3. The van der Waals surface area contributed by atoms with Crippen molar-refractivity contribution in [3.8, 4) is 0 Å². The average molecular weight is 210 g/mol. The van der Waals surface area contributed by atoms with Gasteiger partial charge < -0.3 is 0 Å². The molecule has 1 heterocycles. The topological polar surface area (TPSA) is 64.8 Å². The molecular formula is C5H8ClN3O2S. The first-order valence-electron chi connectivity index (χ1n) is 3.39. The van der Waals surface area contributed by atoms with Gasteiger partial charge in [-0.05, 0) is 6.42 Å². The minimum Gasteiger partial charge on any atom is -0.205 e. The summed E-state index contributed by atoms with van der Waals surface area (Å²) in [6, 6.07) is 0. The molecule has 0 N–H and O–H groups in total. The maximum atomic E-state index is 10.7. The molecule has 0 atom stereocenters. The summed E-state index contributed by atoms with van der Waals surface area (Å²) in [6.07, 6.45) is 1.98. The van der Waals surface area contributed by atoms with Gasteiger partial charge in [-0.25, -0.2) is 8.42 Å². The molecule has 0 amide bonds. The number of halogens is 1. The largest absolute Gasteiger partial charge is 0.282 e. The summed E-state index contributed by atoms with van der Waals surface area (Å²) in [7, 11) is 1.31. The summed E-state index contributed by atoms with van der Waals surface area (Å²) in [4.78, 5) is 1.30. The normalized spacial score (nSPS) is 11.8. The number of aryl methyl sites for hydroxylation is 1. The number of hydrogen-bond donors (Lipinski definition) is 0. The highest BCUT2D eigenvalue weighted by Gasteiger charge is 2.14. The second-order valence-corrected chi connectivity index (χ2v) is 4.73. The fraction of sp³-hybridized carbons (Fsp3) is 0.600. The predicted molar refractivity (Wildman–Crippen MR) is 43.4 cm³/mol. The lowest BCUT2D eigenvalue weighted by molar-refractivity contribution is 0.517. The van der Waals surface area contributed by atoms with Gasteiger partial charge in [0, 0.05) is 10.7 Å². The molecule has 1 aromatic rings. The average Bonchev–Trinajstić information content (AvgIpc) is 2.35. The van der Waals surface area contributed by atoms with Gasteiger partial charge in [-0.15, -0.1) is 5.10 Å². The monoisotopic (exact) mass is 209 g/mol. The third kappa shape index (κ3) is 2.18. The molecule has 0 fully saturated rings. The fourth-order valence-electron chi connectivity index (χ4n) is 0.701. The van der Waals surface area contributed by atoms with Gasteiger partial charge in [-0.3, -0.25) is 0 Å². The Labute approximate surface area is 74.8 Å². The first-order chi connectivity index (χ1) is 5.54. The molecule has 1 rings (SSSR count). The highest BCUT2D eigenvalue weighted by Crippen LogP contribution is 2.09. The molecule has 0 aliphatic carbocycles. The van der Waals surface area contributed by atoms with Crippen LogP contribution in [0.25, 0.3) is 0 Å². The quantitative estimate of drug-likeness (QED) is 0.685. The predicted octanol–water partition coefficient (Wildman–Crippen LogP) is 0.616. The van der Waals surface area contributed by atoms with Crippen LogP contribution < -0.4 is 0 Å². The van der Waals surface area contributed by atoms with Gasteiger partial charge in [0.05, 0.1) is 12.7 Å². The zero-order chi connectivity index (χ0) is 9.19. The van der Waals surface area contributed by atoms with E-state index in [0.717, 1.165) is 12.6 Å². The Morgan fingerprint density at radius 1 is 1.67 bits per heavy atom. The molecular weight excluding hydrogens is 202 g/mol. The Morgan fingerprint density at radius 2 is 2.33 bits per heavy atom. The van der Waals surface area contributed by atoms with Crippen LogP contribution in [-0.4, -0.2) is 23.4 Å². The van der Waals surface area contributed by atoms with E-state index in [9.17, 15) is 8.42 Å². The first-order valence-corrected chi connectivity index (χ1v) is 5.69. The second-order valence-electron chi connectivity index (χ2n) is 2.22. The third-order valence-electron chi connectivity index (χ3n) is 1.19. The second kappa shape index (κ2) is 3.40. The molecule has 0 saturated heterocycles. The van der Waals surface area contributed by atoms with Crippen LogP contribution in [-0.2, 0) is 15.6 Å². The van der Waals surface area contributed by atoms with Crippen LogP contribution in [0.3, 0.4) is 0 Å². The highest BCUT2D eigenvalue weighted by atomic mass is 35.7. The maximum Gasteiger partial charge on any atom is 0.282 e. The van der Waals surface area contributed by atoms with E-state index in [1.54, 1.807) is 0 Å². The van der Waals surface area contributed by atoms with E-state index in [1.807, 2.05) is 6.92 Å². The Kier molecular flexibility index (Phi) is 2.69. The van der Waals surface area contributed by atoms with Gasteiger partial charge in [-0.2, -0.15) is 9.90 Å². The third-order valence-corrected chi connectivity index (χ3v) is 2.35. The molecule has 0 aliphatic rings. The molecule has 7 heteroatoms. The van der Waals surface area contributed by atoms with Gasteiger partial charge in [0.1, 0.15) is 0 Å². The summed E-state index contributed by atoms with van der Waals surface area (Å²) < 4.78 is 21.4. The van der Waals surface area contributed by atoms with E-state index in [0.29, 0.717) is 6.54 Å². The summed E-state index contributed by atoms with van der Waals surface area (Å²) in [5, 5.41) is 7.17. The van der Waals surface area contributed by atoms with Gasteiger partial charge in [0.2, 0.25) is 5.03 Å². The summed E-state index contributed by atoms with van der Waals surface area (Å²) in [5.74, 6) is 0. The van der Waals surface area contributed by atoms with Crippen molar-refractivity contribution in [2.24, 2.45) is 0 Å². The van der Waals surface area contributed by atoms with Crippen LogP contribution in [0.4, 0.5) is 0 Å². The lowest BCUT2D eigenvalue weighted by atomic mass is 10.5. The van der Waals surface area contributed by atoms with Crippen LogP contribution in [0.1, 0.15) is 13.3 Å². The van der Waals surface area contributed by atoms with Crippen LogP contribution in [0.15, 0.2) is 11.2 Å². The van der Waals surface area contributed by atoms with Crippen LogP contribution in [0.5, 0.6) is 0 Å². The Morgan fingerprint density at radius 3 is 2.75 bits per heavy atom. The smallest absolute Gasteiger partial charge is 0.205 e. The van der Waals surface area contributed by atoms with Crippen LogP contribution in [0, 0.1) is 0 Å². The Bertz CT molecular complexity index is 359. The van der Waals surface area contributed by atoms with Crippen molar-refractivity contribution >= 4 is 19.7 Å². The van der Waals surface area contributed by atoms with Gasteiger partial charge in [-0.1, -0.05) is 6.92 Å². The molecule has 0 aliphatic heterocycles. The summed E-state index contributed by atoms with van der Waals surface area (Å²) in [5.41, 5.74) is 0. The van der Waals surface area contributed by atoms with Crippen molar-refractivity contribution in [1.29, 1.82) is 0 Å². The Hall–Kier alpha value is -0.620. The molecule has 0 bridgehead atoms. The van der Waals surface area contributed by atoms with Crippen LogP contribution in [0.2, 0.25) is 0 Å². The molecule has 12 heavy (non-hydrogen) atoms. The molecule has 1 aromatic heterocycles. The first kappa shape index (κ1) is 9.47. The van der Waals surface area contributed by atoms with E-state index in [1.165, 1.54) is 4.80 Å². The van der Waals surface area contributed by atoms with E-state index >= 15 is 0 Å². The van der Waals surface area contributed by atoms with Crippen molar-refractivity contribution < 1.29 is 8.42 Å². The lowest BCUT2D eigenvalue weighted by Crippen LogP contribution is -2.02. The molecule has 68 valence electrons. The molecule has 0 unspecified atom stereocenters. The lowest BCUT2D eigenvalue weighted by Gasteiger charge is -1.92. The van der Waals surface area contributed by atoms with Crippen molar-refractivity contribution in [2.75, 3.05) is 0 Å². The van der Waals surface area contributed by atoms with Crippen molar-refractivity contribution in [1.82, 2.24) is 15.0 Å². The summed E-state index contributed by atoms with van der Waals surface area (Å²) in [6.45, 7) is 2.53. The highest BCUT2D eigenvalue weighted by molar-refractivity contribution is 8.13. The standard InChI is InChI=1S/C5H8ClN3O2S/c1-2-3-9-7-4-5(8-9)12(6,10)11/h4H,2-3H2,1H3. The van der Waals surface area contributed by atoms with E-state index in [2.05, 4.69) is 10.2 Å². The maximum absolute atomic E-state index is 10.7. The van der Waals surface area contributed by atoms with Crippen molar-refractivity contribution in [3.05, 3.63) is 6.20 Å². The van der Waals surface area contributed by atoms with Crippen LogP contribution >= 0.6 is 10.7 Å². The number of hydrogen-bond acceptors (Lipinski definition) is 4.